The lowest BCUT2D eigenvalue weighted by Crippen LogP contribution is -2.25. The predicted molar refractivity (Wildman–Crippen MR) is 66.9 cm³/mol. The highest BCUT2D eigenvalue weighted by molar-refractivity contribution is 7.92. The highest BCUT2D eigenvalue weighted by Gasteiger charge is 2.27. The lowest BCUT2D eigenvalue weighted by Gasteiger charge is -2.10. The van der Waals surface area contributed by atoms with E-state index in [-0.39, 0.29) is 9.79 Å². The van der Waals surface area contributed by atoms with E-state index in [0.29, 0.717) is 0 Å². The Kier molecular flexibility index (Phi) is 3.97. The van der Waals surface area contributed by atoms with E-state index in [2.05, 4.69) is 0 Å². The third kappa shape index (κ3) is 2.97. The molecule has 0 aromatic heterocycles. The predicted octanol–water partition coefficient (Wildman–Crippen LogP) is 0.841. The summed E-state index contributed by atoms with van der Waals surface area (Å²) in [5, 5.41) is -1.14. The second-order valence-electron chi connectivity index (χ2n) is 4.04. The molecule has 1 aromatic rings. The largest absolute Gasteiger partial charge is 0.299 e. The minimum atomic E-state index is -3.74. The number of benzene rings is 1. The molecule has 0 saturated heterocycles. The van der Waals surface area contributed by atoms with E-state index in [1.54, 1.807) is 0 Å². The molecule has 100 valence electrons. The van der Waals surface area contributed by atoms with Crippen molar-refractivity contribution in [3.63, 3.8) is 0 Å². The zero-order valence-electron chi connectivity index (χ0n) is 10.2. The normalized spacial score (nSPS) is 14.2. The van der Waals surface area contributed by atoms with Crippen LogP contribution in [0.5, 0.6) is 0 Å². The summed E-state index contributed by atoms with van der Waals surface area (Å²) in [6.07, 6.45) is 1.04. The van der Waals surface area contributed by atoms with Gasteiger partial charge in [-0.05, 0) is 38.1 Å². The molecular weight excluding hydrogens is 276 g/mol. The molecule has 0 fully saturated rings. The average molecular weight is 290 g/mol. The first-order valence-electron chi connectivity index (χ1n) is 5.11. The van der Waals surface area contributed by atoms with E-state index in [1.165, 1.54) is 38.1 Å². The summed E-state index contributed by atoms with van der Waals surface area (Å²) in [5.74, 6) is -0.456. The fraction of sp³-hybridized carbons (Fsp3) is 0.364. The summed E-state index contributed by atoms with van der Waals surface area (Å²) in [6.45, 7) is 2.51. The first kappa shape index (κ1) is 14.8. The van der Waals surface area contributed by atoms with Gasteiger partial charge in [-0.3, -0.25) is 4.79 Å². The van der Waals surface area contributed by atoms with Gasteiger partial charge in [0.1, 0.15) is 11.0 Å². The van der Waals surface area contributed by atoms with E-state index < -0.39 is 30.7 Å². The Bertz CT molecular complexity index is 654. The first-order valence-corrected chi connectivity index (χ1v) is 8.55. The number of carbonyl (C=O) groups is 1. The number of Topliss-reactive ketones (excluding diaryl/α,β-unsaturated/α-hetero) is 1. The van der Waals surface area contributed by atoms with Crippen molar-refractivity contribution in [3.05, 3.63) is 24.3 Å². The Balaban J connectivity index is 3.26. The molecule has 5 nitrogen and oxygen atoms in total. The third-order valence-electron chi connectivity index (χ3n) is 2.62. The van der Waals surface area contributed by atoms with Gasteiger partial charge in [-0.25, -0.2) is 16.8 Å². The molecule has 0 heterocycles. The van der Waals surface area contributed by atoms with Crippen LogP contribution in [0.2, 0.25) is 0 Å². The lowest BCUT2D eigenvalue weighted by atomic mass is 10.3. The number of ketones is 1. The third-order valence-corrected chi connectivity index (χ3v) is 5.94. The van der Waals surface area contributed by atoms with Crippen molar-refractivity contribution in [1.82, 2.24) is 0 Å². The molecule has 0 bridgehead atoms. The Hall–Kier alpha value is -1.21. The SMILES string of the molecule is CC(=O)C(C)S(=O)(=O)c1ccc(S(C)(=O)=O)cc1. The van der Waals surface area contributed by atoms with Gasteiger partial charge in [-0.15, -0.1) is 0 Å². The van der Waals surface area contributed by atoms with Crippen LogP contribution in [0.4, 0.5) is 0 Å². The van der Waals surface area contributed by atoms with Gasteiger partial charge < -0.3 is 0 Å². The van der Waals surface area contributed by atoms with Gasteiger partial charge in [-0.1, -0.05) is 0 Å². The molecule has 0 aliphatic heterocycles. The fourth-order valence-corrected chi connectivity index (χ4v) is 3.29. The number of rotatable bonds is 4. The van der Waals surface area contributed by atoms with Crippen LogP contribution in [0, 0.1) is 0 Å². The topological polar surface area (TPSA) is 85.3 Å². The minimum absolute atomic E-state index is 0.0388. The summed E-state index contributed by atoms with van der Waals surface area (Å²) in [4.78, 5) is 11.1. The minimum Gasteiger partial charge on any atom is -0.299 e. The Morgan fingerprint density at radius 3 is 1.72 bits per heavy atom. The Labute approximate surface area is 107 Å². The monoisotopic (exact) mass is 290 g/mol. The van der Waals surface area contributed by atoms with Crippen molar-refractivity contribution in [2.75, 3.05) is 6.26 Å². The van der Waals surface area contributed by atoms with E-state index in [9.17, 15) is 21.6 Å². The molecule has 1 unspecified atom stereocenters. The van der Waals surface area contributed by atoms with E-state index in [4.69, 9.17) is 0 Å². The summed E-state index contributed by atoms with van der Waals surface area (Å²) in [7, 11) is -7.11. The quantitative estimate of drug-likeness (QED) is 0.820. The fourth-order valence-electron chi connectivity index (χ4n) is 1.30. The maximum Gasteiger partial charge on any atom is 0.188 e. The number of hydrogen-bond acceptors (Lipinski definition) is 5. The summed E-state index contributed by atoms with van der Waals surface area (Å²) < 4.78 is 46.4. The van der Waals surface area contributed by atoms with Crippen LogP contribution < -0.4 is 0 Å². The molecule has 1 aromatic carbocycles. The summed E-state index contributed by atoms with van der Waals surface area (Å²) in [6, 6.07) is 4.83. The molecule has 18 heavy (non-hydrogen) atoms. The van der Waals surface area contributed by atoms with Crippen molar-refractivity contribution >= 4 is 25.5 Å². The first-order chi connectivity index (χ1) is 8.06. The van der Waals surface area contributed by atoms with Crippen molar-refractivity contribution < 1.29 is 21.6 Å². The molecule has 0 spiro atoms. The van der Waals surface area contributed by atoms with E-state index >= 15 is 0 Å². The second kappa shape index (κ2) is 4.81. The van der Waals surface area contributed by atoms with Gasteiger partial charge in [0.05, 0.1) is 9.79 Å². The van der Waals surface area contributed by atoms with E-state index in [0.717, 1.165) is 6.26 Å². The highest BCUT2D eigenvalue weighted by Crippen LogP contribution is 2.19. The molecule has 0 amide bonds. The molecule has 0 aliphatic carbocycles. The average Bonchev–Trinajstić information content (AvgIpc) is 2.26. The molecule has 0 N–H and O–H groups in total. The van der Waals surface area contributed by atoms with Gasteiger partial charge in [-0.2, -0.15) is 0 Å². The van der Waals surface area contributed by atoms with Crippen LogP contribution in [-0.4, -0.2) is 34.1 Å². The standard InChI is InChI=1S/C11H14O5S2/c1-8(12)9(2)18(15,16)11-6-4-10(5-7-11)17(3,13)14/h4-7,9H,1-3H3. The smallest absolute Gasteiger partial charge is 0.188 e. The van der Waals surface area contributed by atoms with Gasteiger partial charge in [0, 0.05) is 6.26 Å². The van der Waals surface area contributed by atoms with Crippen LogP contribution in [-0.2, 0) is 24.5 Å². The zero-order valence-corrected chi connectivity index (χ0v) is 11.9. The van der Waals surface area contributed by atoms with Crippen molar-refractivity contribution in [1.29, 1.82) is 0 Å². The molecule has 1 rings (SSSR count). The van der Waals surface area contributed by atoms with Crippen LogP contribution in [0.1, 0.15) is 13.8 Å². The van der Waals surface area contributed by atoms with Gasteiger partial charge >= 0.3 is 0 Å². The van der Waals surface area contributed by atoms with Crippen molar-refractivity contribution in [2.45, 2.75) is 28.9 Å². The molecule has 0 saturated carbocycles. The van der Waals surface area contributed by atoms with Crippen LogP contribution in [0.25, 0.3) is 0 Å². The zero-order chi connectivity index (χ0) is 14.1. The van der Waals surface area contributed by atoms with Crippen molar-refractivity contribution in [2.24, 2.45) is 0 Å². The summed E-state index contributed by atoms with van der Waals surface area (Å²) in [5.41, 5.74) is 0. The highest BCUT2D eigenvalue weighted by atomic mass is 32.2. The molecular formula is C11H14O5S2. The maximum atomic E-state index is 12.0. The van der Waals surface area contributed by atoms with Gasteiger partial charge in [0.25, 0.3) is 0 Å². The van der Waals surface area contributed by atoms with Crippen molar-refractivity contribution in [3.8, 4) is 0 Å². The molecule has 0 aliphatic rings. The molecule has 0 radical (unpaired) electrons. The van der Waals surface area contributed by atoms with E-state index in [1.807, 2.05) is 0 Å². The van der Waals surface area contributed by atoms with Gasteiger partial charge in [0.15, 0.2) is 19.7 Å². The number of sulfone groups is 2. The van der Waals surface area contributed by atoms with Crippen LogP contribution in [0.3, 0.4) is 0 Å². The lowest BCUT2D eigenvalue weighted by molar-refractivity contribution is -0.116. The molecule has 1 atom stereocenters. The van der Waals surface area contributed by atoms with Gasteiger partial charge in [0.2, 0.25) is 0 Å². The summed E-state index contributed by atoms with van der Waals surface area (Å²) >= 11 is 0. The molecule has 7 heteroatoms. The number of hydrogen-bond donors (Lipinski definition) is 0. The second-order valence-corrected chi connectivity index (χ2v) is 8.33. The van der Waals surface area contributed by atoms with Crippen LogP contribution >= 0.6 is 0 Å². The Morgan fingerprint density at radius 1 is 1.00 bits per heavy atom. The van der Waals surface area contributed by atoms with Crippen LogP contribution in [0.15, 0.2) is 34.1 Å². The Morgan fingerprint density at radius 2 is 1.39 bits per heavy atom. The maximum absolute atomic E-state index is 12.0. The number of carbonyl (C=O) groups excluding carboxylic acids is 1.